The van der Waals surface area contributed by atoms with Crippen molar-refractivity contribution in [1.82, 2.24) is 15.0 Å². The van der Waals surface area contributed by atoms with Crippen molar-refractivity contribution < 1.29 is 9.72 Å². The number of nitrogens with zero attached hydrogens (tertiary/aromatic N) is 4. The number of amides is 1. The van der Waals surface area contributed by atoms with Gasteiger partial charge in [-0.2, -0.15) is 5.10 Å². The Morgan fingerprint density at radius 3 is 2.61 bits per heavy atom. The topological polar surface area (TPSA) is 119 Å². The summed E-state index contributed by atoms with van der Waals surface area (Å²) in [5, 5.41) is 15.7. The Morgan fingerprint density at radius 2 is 1.88 bits per heavy atom. The molecule has 33 heavy (non-hydrogen) atoms. The fourth-order valence-corrected chi connectivity index (χ4v) is 3.50. The maximum atomic E-state index is 13.2. The third-order valence-electron chi connectivity index (χ3n) is 4.82. The van der Waals surface area contributed by atoms with E-state index in [2.05, 4.69) is 15.5 Å². The molecule has 0 saturated heterocycles. The van der Waals surface area contributed by atoms with Gasteiger partial charge in [0.2, 0.25) is 0 Å². The Morgan fingerprint density at radius 1 is 1.12 bits per heavy atom. The van der Waals surface area contributed by atoms with Crippen molar-refractivity contribution in [1.29, 1.82) is 0 Å². The number of hydrogen-bond acceptors (Lipinski definition) is 6. The van der Waals surface area contributed by atoms with Crippen LogP contribution in [0.15, 0.2) is 82.8 Å². The van der Waals surface area contributed by atoms with E-state index in [9.17, 15) is 19.7 Å². The van der Waals surface area contributed by atoms with Crippen molar-refractivity contribution >= 4 is 40.4 Å². The number of rotatable bonds is 6. The first-order valence-corrected chi connectivity index (χ1v) is 10.1. The van der Waals surface area contributed by atoms with Gasteiger partial charge in [0, 0.05) is 39.9 Å². The first-order chi connectivity index (χ1) is 15.9. The average molecular weight is 462 g/mol. The van der Waals surface area contributed by atoms with Crippen LogP contribution in [0, 0.1) is 10.1 Å². The van der Waals surface area contributed by atoms with Crippen LogP contribution < -0.4 is 11.0 Å². The molecule has 1 amide bonds. The number of fused-ring (bicyclic) bond motifs is 1. The summed E-state index contributed by atoms with van der Waals surface area (Å²) >= 11 is 6.29. The van der Waals surface area contributed by atoms with Gasteiger partial charge in [0.05, 0.1) is 11.1 Å². The van der Waals surface area contributed by atoms with Gasteiger partial charge >= 0.3 is 0 Å². The zero-order valence-electron chi connectivity index (χ0n) is 17.0. The number of nitro benzene ring substituents is 1. The molecular formula is C23H16ClN5O4. The van der Waals surface area contributed by atoms with E-state index in [-0.39, 0.29) is 12.2 Å². The van der Waals surface area contributed by atoms with Crippen LogP contribution in [0.1, 0.15) is 5.56 Å². The molecule has 0 aliphatic heterocycles. The van der Waals surface area contributed by atoms with Gasteiger partial charge in [-0.25, -0.2) is 10.4 Å². The summed E-state index contributed by atoms with van der Waals surface area (Å²) in [6.07, 6.45) is 2.89. The lowest BCUT2D eigenvalue weighted by molar-refractivity contribution is -0.384. The van der Waals surface area contributed by atoms with Gasteiger partial charge in [-0.05, 0) is 42.0 Å². The molecule has 0 radical (unpaired) electrons. The predicted molar refractivity (Wildman–Crippen MR) is 125 cm³/mol. The highest BCUT2D eigenvalue weighted by Gasteiger charge is 2.16. The lowest BCUT2D eigenvalue weighted by Gasteiger charge is -2.12. The SMILES string of the molecule is O=C(Cn1c(=O)c(-c2ccccc2Cl)cc2cccnc21)N/N=C/c1ccc([N+](=O)[O-])cc1. The van der Waals surface area contributed by atoms with Crippen LogP contribution in [0.3, 0.4) is 0 Å². The molecular weight excluding hydrogens is 446 g/mol. The monoisotopic (exact) mass is 461 g/mol. The first-order valence-electron chi connectivity index (χ1n) is 9.74. The zero-order valence-corrected chi connectivity index (χ0v) is 17.8. The summed E-state index contributed by atoms with van der Waals surface area (Å²) in [5.41, 5.74) is 3.72. The highest BCUT2D eigenvalue weighted by Crippen LogP contribution is 2.27. The number of nitro groups is 1. The Labute approximate surface area is 192 Å². The van der Waals surface area contributed by atoms with Gasteiger partial charge in [-0.15, -0.1) is 0 Å². The van der Waals surface area contributed by atoms with Crippen LogP contribution in [0.25, 0.3) is 22.2 Å². The lowest BCUT2D eigenvalue weighted by atomic mass is 10.1. The summed E-state index contributed by atoms with van der Waals surface area (Å²) in [6, 6.07) is 17.9. The molecule has 0 unspecified atom stereocenters. The molecule has 4 rings (SSSR count). The second kappa shape index (κ2) is 9.41. The van der Waals surface area contributed by atoms with Crippen LogP contribution >= 0.6 is 11.6 Å². The predicted octanol–water partition coefficient (Wildman–Crippen LogP) is 3.78. The van der Waals surface area contributed by atoms with E-state index in [4.69, 9.17) is 11.6 Å². The van der Waals surface area contributed by atoms with Gasteiger partial charge < -0.3 is 0 Å². The molecule has 0 saturated carbocycles. The summed E-state index contributed by atoms with van der Waals surface area (Å²) < 4.78 is 1.27. The van der Waals surface area contributed by atoms with E-state index in [0.29, 0.717) is 32.7 Å². The Balaban J connectivity index is 1.60. The largest absolute Gasteiger partial charge is 0.283 e. The molecule has 2 aromatic carbocycles. The first kappa shape index (κ1) is 21.8. The fourth-order valence-electron chi connectivity index (χ4n) is 3.27. The minimum Gasteiger partial charge on any atom is -0.283 e. The smallest absolute Gasteiger partial charge is 0.269 e. The van der Waals surface area contributed by atoms with Crippen molar-refractivity contribution in [3.05, 3.63) is 104 Å². The maximum Gasteiger partial charge on any atom is 0.269 e. The molecule has 0 bridgehead atoms. The number of non-ortho nitro benzene ring substituents is 1. The third kappa shape index (κ3) is 4.78. The van der Waals surface area contributed by atoms with E-state index in [1.165, 1.54) is 41.2 Å². The van der Waals surface area contributed by atoms with E-state index >= 15 is 0 Å². The summed E-state index contributed by atoms with van der Waals surface area (Å²) in [4.78, 5) is 40.2. The lowest BCUT2D eigenvalue weighted by Crippen LogP contribution is -2.31. The number of hydrogen-bond donors (Lipinski definition) is 1. The van der Waals surface area contributed by atoms with E-state index in [0.717, 1.165) is 0 Å². The van der Waals surface area contributed by atoms with Crippen LogP contribution in [0.2, 0.25) is 5.02 Å². The fraction of sp³-hybridized carbons (Fsp3) is 0.0435. The van der Waals surface area contributed by atoms with Crippen molar-refractivity contribution in [2.45, 2.75) is 6.54 Å². The second-order valence-corrected chi connectivity index (χ2v) is 7.39. The van der Waals surface area contributed by atoms with Gasteiger partial charge in [0.25, 0.3) is 17.2 Å². The minimum absolute atomic E-state index is 0.0478. The molecule has 2 heterocycles. The highest BCUT2D eigenvalue weighted by atomic mass is 35.5. The quantitative estimate of drug-likeness (QED) is 0.266. The molecule has 0 spiro atoms. The van der Waals surface area contributed by atoms with E-state index in [1.54, 1.807) is 42.5 Å². The van der Waals surface area contributed by atoms with Gasteiger partial charge in [0.1, 0.15) is 12.2 Å². The standard InChI is InChI=1S/C23H16ClN5O4/c24-20-6-2-1-5-18(20)19-12-16-4-3-11-25-22(16)28(23(19)31)14-21(30)27-26-13-15-7-9-17(10-8-15)29(32)33/h1-13H,14H2,(H,27,30)/b26-13+. The molecule has 164 valence electrons. The average Bonchev–Trinajstić information content (AvgIpc) is 2.81. The number of halogens is 1. The Kier molecular flexibility index (Phi) is 6.23. The van der Waals surface area contributed by atoms with Crippen LogP contribution in [-0.4, -0.2) is 26.6 Å². The molecule has 0 aliphatic carbocycles. The van der Waals surface area contributed by atoms with Gasteiger partial charge in [-0.3, -0.25) is 24.3 Å². The second-order valence-electron chi connectivity index (χ2n) is 6.99. The normalized spacial score (nSPS) is 11.1. The van der Waals surface area contributed by atoms with Crippen molar-refractivity contribution in [2.24, 2.45) is 5.10 Å². The molecule has 4 aromatic rings. The maximum absolute atomic E-state index is 13.2. The minimum atomic E-state index is -0.543. The third-order valence-corrected chi connectivity index (χ3v) is 5.15. The number of carbonyl (C=O) groups is 1. The van der Waals surface area contributed by atoms with Crippen LogP contribution in [0.4, 0.5) is 5.69 Å². The Bertz CT molecular complexity index is 1450. The number of hydrazone groups is 1. The van der Waals surface area contributed by atoms with Gasteiger partial charge in [-0.1, -0.05) is 29.8 Å². The van der Waals surface area contributed by atoms with E-state index < -0.39 is 16.4 Å². The van der Waals surface area contributed by atoms with Crippen molar-refractivity contribution in [3.8, 4) is 11.1 Å². The van der Waals surface area contributed by atoms with Crippen molar-refractivity contribution in [2.75, 3.05) is 0 Å². The van der Waals surface area contributed by atoms with Crippen molar-refractivity contribution in [3.63, 3.8) is 0 Å². The zero-order chi connectivity index (χ0) is 23.4. The number of carbonyl (C=O) groups excluding carboxylic acids is 1. The Hall–Kier alpha value is -4.37. The summed E-state index contributed by atoms with van der Waals surface area (Å²) in [7, 11) is 0. The highest BCUT2D eigenvalue weighted by molar-refractivity contribution is 6.33. The summed E-state index contributed by atoms with van der Waals surface area (Å²) in [6.45, 7) is -0.317. The number of pyridine rings is 2. The molecule has 10 heteroatoms. The van der Waals surface area contributed by atoms with Crippen LogP contribution in [-0.2, 0) is 11.3 Å². The molecule has 0 aliphatic rings. The number of aromatic nitrogens is 2. The molecule has 1 N–H and O–H groups in total. The number of nitrogens with one attached hydrogen (secondary N) is 1. The van der Waals surface area contributed by atoms with E-state index in [1.807, 2.05) is 0 Å². The number of benzene rings is 2. The van der Waals surface area contributed by atoms with Gasteiger partial charge in [0.15, 0.2) is 0 Å². The molecule has 9 nitrogen and oxygen atoms in total. The molecule has 2 aromatic heterocycles. The summed E-state index contributed by atoms with van der Waals surface area (Å²) in [5.74, 6) is -0.543. The van der Waals surface area contributed by atoms with Crippen LogP contribution in [0.5, 0.6) is 0 Å². The molecule has 0 atom stereocenters. The molecule has 0 fully saturated rings.